The summed E-state index contributed by atoms with van der Waals surface area (Å²) in [5.41, 5.74) is 3.88. The van der Waals surface area contributed by atoms with Crippen LogP contribution in [-0.2, 0) is 14.1 Å². The molecule has 114 valence electrons. The van der Waals surface area contributed by atoms with Crippen molar-refractivity contribution in [2.24, 2.45) is 14.1 Å². The maximum absolute atomic E-state index is 13.2. The molecule has 0 fully saturated rings. The highest BCUT2D eigenvalue weighted by Crippen LogP contribution is 2.35. The number of fused-ring (bicyclic) bond motifs is 3. The normalized spacial score (nSPS) is 11.4. The van der Waals surface area contributed by atoms with E-state index < -0.39 is 0 Å². The summed E-state index contributed by atoms with van der Waals surface area (Å²) in [7, 11) is 3.74. The van der Waals surface area contributed by atoms with Gasteiger partial charge in [0.2, 0.25) is 0 Å². The molecule has 4 aromatic rings. The molecule has 3 nitrogen and oxygen atoms in total. The molecule has 23 heavy (non-hydrogen) atoms. The van der Waals surface area contributed by atoms with Gasteiger partial charge in [0.25, 0.3) is 5.56 Å². The molecule has 2 aromatic heterocycles. The Bertz CT molecular complexity index is 1100. The molecule has 0 aliphatic rings. The highest BCUT2D eigenvalue weighted by molar-refractivity contribution is 6.13. The van der Waals surface area contributed by atoms with E-state index in [0.717, 1.165) is 33.1 Å². The monoisotopic (exact) mass is 306 g/mol. The number of hydrogen-bond acceptors (Lipinski definition) is 1. The van der Waals surface area contributed by atoms with Gasteiger partial charge in [-0.1, -0.05) is 24.3 Å². The Kier molecular flexibility index (Phi) is 2.88. The molecule has 0 spiro atoms. The van der Waals surface area contributed by atoms with Crippen molar-refractivity contribution in [3.63, 3.8) is 0 Å². The largest absolute Gasteiger partial charge is 0.330 e. The van der Waals surface area contributed by atoms with E-state index in [-0.39, 0.29) is 11.4 Å². The molecule has 0 aliphatic carbocycles. The van der Waals surface area contributed by atoms with Crippen molar-refractivity contribution in [3.8, 4) is 11.1 Å². The summed E-state index contributed by atoms with van der Waals surface area (Å²) in [4.78, 5) is 12.0. The van der Waals surface area contributed by atoms with Crippen LogP contribution in [0.1, 0.15) is 0 Å². The van der Waals surface area contributed by atoms with Gasteiger partial charge in [-0.15, -0.1) is 0 Å². The summed E-state index contributed by atoms with van der Waals surface area (Å²) < 4.78 is 16.9. The van der Waals surface area contributed by atoms with E-state index in [1.165, 1.54) is 12.1 Å². The Hall–Kier alpha value is -2.88. The smallest absolute Gasteiger partial charge is 0.251 e. The zero-order valence-electron chi connectivity index (χ0n) is 12.9. The topological polar surface area (TPSA) is 26.9 Å². The van der Waals surface area contributed by atoms with E-state index in [2.05, 4.69) is 0 Å². The van der Waals surface area contributed by atoms with E-state index >= 15 is 0 Å². The van der Waals surface area contributed by atoms with Gasteiger partial charge in [-0.2, -0.15) is 0 Å². The predicted molar refractivity (Wildman–Crippen MR) is 91.1 cm³/mol. The van der Waals surface area contributed by atoms with Crippen LogP contribution < -0.4 is 5.56 Å². The first kappa shape index (κ1) is 13.8. The van der Waals surface area contributed by atoms with Crippen LogP contribution in [0.3, 0.4) is 0 Å². The van der Waals surface area contributed by atoms with Gasteiger partial charge >= 0.3 is 0 Å². The minimum atomic E-state index is -0.249. The van der Waals surface area contributed by atoms with Gasteiger partial charge in [-0.3, -0.25) is 9.36 Å². The quantitative estimate of drug-likeness (QED) is 0.525. The first-order chi connectivity index (χ1) is 11.1. The summed E-state index contributed by atoms with van der Waals surface area (Å²) in [6.07, 6.45) is 0. The van der Waals surface area contributed by atoms with Gasteiger partial charge in [0, 0.05) is 30.9 Å². The lowest BCUT2D eigenvalue weighted by atomic mass is 10.00. The Balaban J connectivity index is 2.19. The number of pyridine rings is 1. The standard InChI is InChI=1S/C19H15FN2O/c1-21-16-5-3-4-14(12-6-8-13(20)9-7-12)18(16)15-10-11-17(23)22(2)19(15)21/h3-11H,1-2H3. The molecule has 4 heteroatoms. The Morgan fingerprint density at radius 3 is 2.35 bits per heavy atom. The number of aromatic nitrogens is 2. The van der Waals surface area contributed by atoms with E-state index in [1.54, 1.807) is 29.8 Å². The van der Waals surface area contributed by atoms with Crippen molar-refractivity contribution < 1.29 is 4.39 Å². The molecule has 4 rings (SSSR count). The molecule has 0 radical (unpaired) electrons. The number of rotatable bonds is 1. The van der Waals surface area contributed by atoms with Crippen LogP contribution in [0.2, 0.25) is 0 Å². The average Bonchev–Trinajstić information content (AvgIpc) is 2.85. The third-order valence-electron chi connectivity index (χ3n) is 4.43. The second-order valence-electron chi connectivity index (χ2n) is 5.73. The fourth-order valence-corrected chi connectivity index (χ4v) is 3.31. The number of benzene rings is 2. The lowest BCUT2D eigenvalue weighted by Crippen LogP contribution is -2.16. The van der Waals surface area contributed by atoms with Crippen molar-refractivity contribution in [2.45, 2.75) is 0 Å². The molecule has 0 aliphatic heterocycles. The SMILES string of the molecule is Cn1c(=O)ccc2c3c(-c4ccc(F)cc4)cccc3n(C)c21. The maximum Gasteiger partial charge on any atom is 0.251 e. The highest BCUT2D eigenvalue weighted by Gasteiger charge is 2.15. The fraction of sp³-hybridized carbons (Fsp3) is 0.105. The van der Waals surface area contributed by atoms with Crippen molar-refractivity contribution in [3.05, 3.63) is 70.8 Å². The average molecular weight is 306 g/mol. The van der Waals surface area contributed by atoms with Gasteiger partial charge in [0.05, 0.1) is 5.52 Å². The second kappa shape index (κ2) is 4.81. The van der Waals surface area contributed by atoms with Crippen LogP contribution in [-0.4, -0.2) is 9.13 Å². The molecular weight excluding hydrogens is 291 g/mol. The number of halogens is 1. The Labute approximate surface area is 132 Å². The van der Waals surface area contributed by atoms with Crippen molar-refractivity contribution in [1.29, 1.82) is 0 Å². The Morgan fingerprint density at radius 2 is 1.61 bits per heavy atom. The van der Waals surface area contributed by atoms with Gasteiger partial charge in [-0.05, 0) is 35.4 Å². The molecule has 0 saturated heterocycles. The summed E-state index contributed by atoms with van der Waals surface area (Å²) in [5, 5.41) is 2.09. The number of aryl methyl sites for hydroxylation is 2. The van der Waals surface area contributed by atoms with Crippen molar-refractivity contribution in [1.82, 2.24) is 9.13 Å². The van der Waals surface area contributed by atoms with Crippen LogP contribution in [0.15, 0.2) is 59.4 Å². The molecular formula is C19H15FN2O. The fourth-order valence-electron chi connectivity index (χ4n) is 3.31. The van der Waals surface area contributed by atoms with Gasteiger partial charge < -0.3 is 4.57 Å². The molecule has 2 heterocycles. The lowest BCUT2D eigenvalue weighted by molar-refractivity contribution is 0.628. The van der Waals surface area contributed by atoms with Crippen LogP contribution in [0.5, 0.6) is 0 Å². The van der Waals surface area contributed by atoms with Gasteiger partial charge in [0.1, 0.15) is 11.5 Å². The molecule has 0 saturated carbocycles. The summed E-state index contributed by atoms with van der Waals surface area (Å²) in [6, 6.07) is 16.0. The van der Waals surface area contributed by atoms with Gasteiger partial charge in [0.15, 0.2) is 0 Å². The van der Waals surface area contributed by atoms with Crippen molar-refractivity contribution in [2.75, 3.05) is 0 Å². The molecule has 0 unspecified atom stereocenters. The van der Waals surface area contributed by atoms with Crippen LogP contribution in [0.4, 0.5) is 4.39 Å². The first-order valence-electron chi connectivity index (χ1n) is 7.41. The summed E-state index contributed by atoms with van der Waals surface area (Å²) >= 11 is 0. The molecule has 2 aromatic carbocycles. The van der Waals surface area contributed by atoms with E-state index in [9.17, 15) is 9.18 Å². The van der Waals surface area contributed by atoms with Crippen LogP contribution in [0, 0.1) is 5.82 Å². The highest BCUT2D eigenvalue weighted by atomic mass is 19.1. The maximum atomic E-state index is 13.2. The minimum absolute atomic E-state index is 0.0354. The summed E-state index contributed by atoms with van der Waals surface area (Å²) in [5.74, 6) is -0.249. The second-order valence-corrected chi connectivity index (χ2v) is 5.73. The van der Waals surface area contributed by atoms with Crippen LogP contribution in [0.25, 0.3) is 33.1 Å². The van der Waals surface area contributed by atoms with E-state index in [4.69, 9.17) is 0 Å². The number of hydrogen-bond donors (Lipinski definition) is 0. The Morgan fingerprint density at radius 1 is 0.870 bits per heavy atom. The molecule has 0 N–H and O–H groups in total. The molecule has 0 amide bonds. The van der Waals surface area contributed by atoms with Gasteiger partial charge in [-0.25, -0.2) is 4.39 Å². The minimum Gasteiger partial charge on any atom is -0.330 e. The number of nitrogens with zero attached hydrogens (tertiary/aromatic N) is 2. The molecule has 0 atom stereocenters. The zero-order chi connectivity index (χ0) is 16.1. The zero-order valence-corrected chi connectivity index (χ0v) is 12.9. The predicted octanol–water partition coefficient (Wildman–Crippen LogP) is 3.84. The third-order valence-corrected chi connectivity index (χ3v) is 4.43. The van der Waals surface area contributed by atoms with E-state index in [0.29, 0.717) is 0 Å². The molecule has 0 bridgehead atoms. The van der Waals surface area contributed by atoms with E-state index in [1.807, 2.05) is 35.9 Å². The first-order valence-corrected chi connectivity index (χ1v) is 7.41. The van der Waals surface area contributed by atoms with Crippen LogP contribution >= 0.6 is 0 Å². The third kappa shape index (κ3) is 1.91. The summed E-state index contributed by atoms with van der Waals surface area (Å²) in [6.45, 7) is 0. The lowest BCUT2D eigenvalue weighted by Gasteiger charge is -2.05. The van der Waals surface area contributed by atoms with Crippen molar-refractivity contribution >= 4 is 21.9 Å².